The molecule has 1 aliphatic carbocycles. The Bertz CT molecular complexity index is 1280. The van der Waals surface area contributed by atoms with Gasteiger partial charge in [-0.2, -0.15) is 0 Å². The minimum absolute atomic E-state index is 0.000910. The zero-order valence-corrected chi connectivity index (χ0v) is 17.9. The maximum absolute atomic E-state index is 13.0. The van der Waals surface area contributed by atoms with Crippen molar-refractivity contribution in [3.05, 3.63) is 93.6 Å². The van der Waals surface area contributed by atoms with Gasteiger partial charge in [0.15, 0.2) is 5.43 Å². The van der Waals surface area contributed by atoms with E-state index < -0.39 is 0 Å². The lowest BCUT2D eigenvalue weighted by molar-refractivity contribution is -0.122. The summed E-state index contributed by atoms with van der Waals surface area (Å²) in [6, 6.07) is 22.9. The van der Waals surface area contributed by atoms with Crippen molar-refractivity contribution in [1.82, 2.24) is 9.88 Å². The first-order chi connectivity index (χ1) is 15.1. The summed E-state index contributed by atoms with van der Waals surface area (Å²) >= 11 is 6.05. The van der Waals surface area contributed by atoms with Gasteiger partial charge in [-0.3, -0.25) is 9.59 Å². The third-order valence-corrected chi connectivity index (χ3v) is 6.82. The molecule has 1 aliphatic rings. The lowest BCUT2D eigenvalue weighted by atomic mass is 9.64. The molecule has 0 unspecified atom stereocenters. The summed E-state index contributed by atoms with van der Waals surface area (Å²) in [6.07, 6.45) is 3.27. The van der Waals surface area contributed by atoms with Crippen molar-refractivity contribution in [1.29, 1.82) is 0 Å². The second-order valence-corrected chi connectivity index (χ2v) is 8.80. The number of carbonyl (C=O) groups is 1. The quantitative estimate of drug-likeness (QED) is 0.450. The Balaban J connectivity index is 1.43. The average molecular weight is 431 g/mol. The Hall–Kier alpha value is -3.11. The Kier molecular flexibility index (Phi) is 5.03. The zero-order valence-electron chi connectivity index (χ0n) is 17.1. The molecule has 1 amide bonds. The van der Waals surface area contributed by atoms with Crippen molar-refractivity contribution >= 4 is 39.3 Å². The van der Waals surface area contributed by atoms with Gasteiger partial charge in [0.25, 0.3) is 0 Å². The molecule has 0 atom stereocenters. The average Bonchev–Trinajstić information content (AvgIpc) is 2.77. The van der Waals surface area contributed by atoms with Gasteiger partial charge in [0, 0.05) is 27.8 Å². The maximum Gasteiger partial charge on any atom is 0.239 e. The normalized spacial score (nSPS) is 15.0. The number of hydrogen-bond donors (Lipinski definition) is 1. The van der Waals surface area contributed by atoms with Crippen LogP contribution in [0.15, 0.2) is 77.6 Å². The Morgan fingerprint density at radius 3 is 2.03 bits per heavy atom. The smallest absolute Gasteiger partial charge is 0.239 e. The van der Waals surface area contributed by atoms with Crippen LogP contribution >= 0.6 is 11.6 Å². The number of benzene rings is 3. The monoisotopic (exact) mass is 430 g/mol. The molecule has 0 saturated heterocycles. The maximum atomic E-state index is 13.0. The fourth-order valence-electron chi connectivity index (χ4n) is 4.69. The number of pyridine rings is 1. The van der Waals surface area contributed by atoms with E-state index in [4.69, 9.17) is 11.6 Å². The van der Waals surface area contributed by atoms with Crippen LogP contribution in [0, 0.1) is 0 Å². The third kappa shape index (κ3) is 3.51. The van der Waals surface area contributed by atoms with Gasteiger partial charge in [-0.1, -0.05) is 54.4 Å². The van der Waals surface area contributed by atoms with Crippen LogP contribution in [0.3, 0.4) is 0 Å². The second-order valence-electron chi connectivity index (χ2n) is 8.37. The molecule has 31 heavy (non-hydrogen) atoms. The first-order valence-corrected chi connectivity index (χ1v) is 11.0. The fraction of sp³-hybridized carbons (Fsp3) is 0.231. The number of nitrogens with one attached hydrogen (secondary N) is 1. The first-order valence-electron chi connectivity index (χ1n) is 10.6. The second kappa shape index (κ2) is 7.86. The van der Waals surface area contributed by atoms with Crippen LogP contribution in [0.2, 0.25) is 5.02 Å². The fourth-order valence-corrected chi connectivity index (χ4v) is 4.82. The molecule has 156 valence electrons. The minimum Gasteiger partial charge on any atom is -0.354 e. The van der Waals surface area contributed by atoms with Gasteiger partial charge in [-0.25, -0.2) is 0 Å². The van der Waals surface area contributed by atoms with E-state index in [1.165, 1.54) is 5.56 Å². The number of rotatable bonds is 5. The van der Waals surface area contributed by atoms with Crippen LogP contribution in [-0.2, 0) is 16.8 Å². The van der Waals surface area contributed by atoms with E-state index in [1.807, 2.05) is 65.2 Å². The van der Waals surface area contributed by atoms with Gasteiger partial charge in [-0.15, -0.1) is 0 Å². The summed E-state index contributed by atoms with van der Waals surface area (Å²) in [7, 11) is 0. The molecule has 0 radical (unpaired) electrons. The molecule has 0 spiro atoms. The zero-order chi connectivity index (χ0) is 21.4. The van der Waals surface area contributed by atoms with Gasteiger partial charge in [-0.05, 0) is 54.8 Å². The van der Waals surface area contributed by atoms with Crippen LogP contribution in [-0.4, -0.2) is 17.0 Å². The van der Waals surface area contributed by atoms with Crippen molar-refractivity contribution in [2.24, 2.45) is 0 Å². The molecule has 3 aromatic carbocycles. The van der Waals surface area contributed by atoms with E-state index in [-0.39, 0.29) is 23.3 Å². The van der Waals surface area contributed by atoms with Gasteiger partial charge in [0.1, 0.15) is 6.54 Å². The highest BCUT2D eigenvalue weighted by atomic mass is 35.5. The highest BCUT2D eigenvalue weighted by Gasteiger charge is 2.38. The number of fused-ring (bicyclic) bond motifs is 2. The van der Waals surface area contributed by atoms with E-state index in [0.717, 1.165) is 35.3 Å². The SMILES string of the molecule is O=C(Cn1c2ccccc2c(=O)c2ccccc21)NCC1(c2ccc(Cl)cc2)CCC1. The summed E-state index contributed by atoms with van der Waals surface area (Å²) < 4.78 is 1.94. The molecule has 1 aromatic heterocycles. The van der Waals surface area contributed by atoms with E-state index in [0.29, 0.717) is 17.3 Å². The number of halogens is 1. The molecular weight excluding hydrogens is 408 g/mol. The molecule has 4 nitrogen and oxygen atoms in total. The standard InChI is InChI=1S/C26H23ClN2O2/c27-19-12-10-18(11-13-19)26(14-5-15-26)17-28-24(30)16-29-22-8-3-1-6-20(22)25(31)21-7-2-4-9-23(21)29/h1-4,6-13H,5,14-17H2,(H,28,30). The predicted molar refractivity (Wildman–Crippen MR) is 126 cm³/mol. The molecule has 0 aliphatic heterocycles. The predicted octanol–water partition coefficient (Wildman–Crippen LogP) is 5.05. The Morgan fingerprint density at radius 2 is 1.48 bits per heavy atom. The number of amides is 1. The molecule has 1 heterocycles. The van der Waals surface area contributed by atoms with Crippen molar-refractivity contribution < 1.29 is 4.79 Å². The topological polar surface area (TPSA) is 51.1 Å². The number of aromatic nitrogens is 1. The number of nitrogens with zero attached hydrogens (tertiary/aromatic N) is 1. The van der Waals surface area contributed by atoms with Gasteiger partial charge >= 0.3 is 0 Å². The molecule has 1 saturated carbocycles. The highest BCUT2D eigenvalue weighted by molar-refractivity contribution is 6.30. The molecule has 0 bridgehead atoms. The van der Waals surface area contributed by atoms with Crippen LogP contribution in [0.4, 0.5) is 0 Å². The van der Waals surface area contributed by atoms with Crippen molar-refractivity contribution in [3.63, 3.8) is 0 Å². The third-order valence-electron chi connectivity index (χ3n) is 6.57. The van der Waals surface area contributed by atoms with E-state index in [2.05, 4.69) is 17.4 Å². The first kappa shape index (κ1) is 19.8. The summed E-state index contributed by atoms with van der Waals surface area (Å²) in [6.45, 7) is 0.765. The summed E-state index contributed by atoms with van der Waals surface area (Å²) in [4.78, 5) is 25.9. The number of para-hydroxylation sites is 2. The van der Waals surface area contributed by atoms with Crippen LogP contribution in [0.1, 0.15) is 24.8 Å². The summed E-state index contributed by atoms with van der Waals surface area (Å²) in [5, 5.41) is 5.14. The molecule has 1 N–H and O–H groups in total. The Labute approximate surface area is 185 Å². The van der Waals surface area contributed by atoms with Crippen molar-refractivity contribution in [3.8, 4) is 0 Å². The number of carbonyl (C=O) groups excluding carboxylic acids is 1. The molecule has 5 heteroatoms. The van der Waals surface area contributed by atoms with Crippen LogP contribution in [0.25, 0.3) is 21.8 Å². The van der Waals surface area contributed by atoms with Crippen LogP contribution in [0.5, 0.6) is 0 Å². The number of hydrogen-bond acceptors (Lipinski definition) is 2. The lowest BCUT2D eigenvalue weighted by Gasteiger charge is -2.42. The molecule has 1 fully saturated rings. The lowest BCUT2D eigenvalue weighted by Crippen LogP contribution is -2.46. The highest BCUT2D eigenvalue weighted by Crippen LogP contribution is 2.43. The van der Waals surface area contributed by atoms with Crippen molar-refractivity contribution in [2.75, 3.05) is 6.54 Å². The van der Waals surface area contributed by atoms with E-state index in [9.17, 15) is 9.59 Å². The van der Waals surface area contributed by atoms with Crippen LogP contribution < -0.4 is 10.7 Å². The Morgan fingerprint density at radius 1 is 0.903 bits per heavy atom. The van der Waals surface area contributed by atoms with Gasteiger partial charge in [0.05, 0.1) is 11.0 Å². The van der Waals surface area contributed by atoms with Gasteiger partial charge < -0.3 is 9.88 Å². The molecule has 5 rings (SSSR count). The molecular formula is C26H23ClN2O2. The largest absolute Gasteiger partial charge is 0.354 e. The van der Waals surface area contributed by atoms with Gasteiger partial charge in [0.2, 0.25) is 5.91 Å². The molecule has 4 aromatic rings. The minimum atomic E-state index is -0.0563. The van der Waals surface area contributed by atoms with E-state index >= 15 is 0 Å². The van der Waals surface area contributed by atoms with E-state index in [1.54, 1.807) is 0 Å². The summed E-state index contributed by atoms with van der Waals surface area (Å²) in [5.74, 6) is -0.0563. The summed E-state index contributed by atoms with van der Waals surface area (Å²) in [5.41, 5.74) is 2.75. The van der Waals surface area contributed by atoms with Crippen molar-refractivity contribution in [2.45, 2.75) is 31.2 Å².